The molecule has 0 aromatic rings. The van der Waals surface area contributed by atoms with Crippen LogP contribution in [0.25, 0.3) is 0 Å². The maximum Gasteiger partial charge on any atom is 0.331 e. The molecule has 0 bridgehead atoms. The van der Waals surface area contributed by atoms with Crippen molar-refractivity contribution in [2.45, 2.75) is 19.9 Å². The molecule has 1 heterocycles. The van der Waals surface area contributed by atoms with Crippen LogP contribution in [0.4, 0.5) is 9.59 Å². The third-order valence-electron chi connectivity index (χ3n) is 1.92. The highest BCUT2D eigenvalue weighted by Gasteiger charge is 2.31. The van der Waals surface area contributed by atoms with Gasteiger partial charge in [-0.1, -0.05) is 6.58 Å². The Hall–Kier alpha value is -1.52. The van der Waals surface area contributed by atoms with Gasteiger partial charge in [-0.2, -0.15) is 0 Å². The predicted octanol–water partition coefficient (Wildman–Crippen LogP) is 0.943. The average molecular weight is 183 g/mol. The Morgan fingerprint density at radius 3 is 2.31 bits per heavy atom. The number of rotatable bonds is 1. The third-order valence-corrected chi connectivity index (χ3v) is 1.92. The van der Waals surface area contributed by atoms with Gasteiger partial charge in [0.05, 0.1) is 0 Å². The second kappa shape index (κ2) is 3.08. The zero-order chi connectivity index (χ0) is 10.2. The number of carbonyl (C=O) groups is 2. The number of hydrogen-bond acceptors (Lipinski definition) is 2. The minimum Gasteiger partial charge on any atom is -0.283 e. The number of carbonyl (C=O) groups excluding carboxylic acids is 2. The second-order valence-electron chi connectivity index (χ2n) is 3.17. The summed E-state index contributed by atoms with van der Waals surface area (Å²) in [6, 6.07) is -0.863. The highest BCUT2D eigenvalue weighted by molar-refractivity contribution is 5.97. The Kier molecular flexibility index (Phi) is 2.27. The molecule has 5 heteroatoms. The van der Waals surface area contributed by atoms with E-state index in [4.69, 9.17) is 0 Å². The fraction of sp³-hybridized carbons (Fsp3) is 0.500. The molecule has 13 heavy (non-hydrogen) atoms. The molecule has 5 nitrogen and oxygen atoms in total. The SMILES string of the molecule is C=C1N(C)C(=O)NC(=O)N1C(C)C. The molecule has 72 valence electrons. The van der Waals surface area contributed by atoms with Crippen molar-refractivity contribution in [1.29, 1.82) is 0 Å². The van der Waals surface area contributed by atoms with Crippen molar-refractivity contribution >= 4 is 12.1 Å². The zero-order valence-electron chi connectivity index (χ0n) is 8.00. The van der Waals surface area contributed by atoms with E-state index < -0.39 is 12.1 Å². The van der Waals surface area contributed by atoms with Crippen LogP contribution in [0.1, 0.15) is 13.8 Å². The Labute approximate surface area is 77.0 Å². The molecular formula is C8H13N3O2. The average Bonchev–Trinajstić information content (AvgIpc) is 1.99. The highest BCUT2D eigenvalue weighted by atomic mass is 16.2. The lowest BCUT2D eigenvalue weighted by Crippen LogP contribution is -2.57. The third kappa shape index (κ3) is 1.49. The maximum atomic E-state index is 11.3. The molecule has 0 atom stereocenters. The molecule has 0 aromatic carbocycles. The van der Waals surface area contributed by atoms with E-state index in [1.165, 1.54) is 9.80 Å². The summed E-state index contributed by atoms with van der Waals surface area (Å²) in [5, 5.41) is 2.20. The molecule has 1 aliphatic heterocycles. The molecule has 0 aromatic heterocycles. The summed E-state index contributed by atoms with van der Waals surface area (Å²) in [7, 11) is 1.57. The summed E-state index contributed by atoms with van der Waals surface area (Å²) in [5.74, 6) is 0.406. The van der Waals surface area contributed by atoms with E-state index in [1.54, 1.807) is 7.05 Å². The summed E-state index contributed by atoms with van der Waals surface area (Å²) in [6.45, 7) is 7.38. The van der Waals surface area contributed by atoms with Gasteiger partial charge in [-0.25, -0.2) is 9.59 Å². The monoisotopic (exact) mass is 183 g/mol. The maximum absolute atomic E-state index is 11.3. The van der Waals surface area contributed by atoms with Crippen LogP contribution in [0.2, 0.25) is 0 Å². The summed E-state index contributed by atoms with van der Waals surface area (Å²) in [5.41, 5.74) is 0. The molecule has 1 fully saturated rings. The predicted molar refractivity (Wildman–Crippen MR) is 47.8 cm³/mol. The number of nitrogens with one attached hydrogen (secondary N) is 1. The Morgan fingerprint density at radius 1 is 1.31 bits per heavy atom. The normalized spacial score (nSPS) is 18.3. The summed E-state index contributed by atoms with van der Waals surface area (Å²) in [4.78, 5) is 25.1. The first-order chi connectivity index (χ1) is 5.95. The van der Waals surface area contributed by atoms with E-state index >= 15 is 0 Å². The van der Waals surface area contributed by atoms with Crippen molar-refractivity contribution in [3.8, 4) is 0 Å². The number of amides is 4. The van der Waals surface area contributed by atoms with Gasteiger partial charge in [-0.15, -0.1) is 0 Å². The van der Waals surface area contributed by atoms with Crippen molar-refractivity contribution in [1.82, 2.24) is 15.1 Å². The van der Waals surface area contributed by atoms with Gasteiger partial charge in [0.1, 0.15) is 5.82 Å². The van der Waals surface area contributed by atoms with E-state index in [-0.39, 0.29) is 6.04 Å². The fourth-order valence-corrected chi connectivity index (χ4v) is 1.16. The molecule has 1 rings (SSSR count). The van der Waals surface area contributed by atoms with Crippen LogP contribution in [0.3, 0.4) is 0 Å². The van der Waals surface area contributed by atoms with Crippen LogP contribution < -0.4 is 5.32 Å². The van der Waals surface area contributed by atoms with Gasteiger partial charge >= 0.3 is 12.1 Å². The first-order valence-corrected chi connectivity index (χ1v) is 4.02. The minimum absolute atomic E-state index is 0.0111. The summed E-state index contributed by atoms with van der Waals surface area (Å²) in [6.07, 6.45) is 0. The quantitative estimate of drug-likeness (QED) is 0.657. The van der Waals surface area contributed by atoms with Gasteiger partial charge in [-0.3, -0.25) is 15.1 Å². The number of nitrogens with zero attached hydrogens (tertiary/aromatic N) is 2. The van der Waals surface area contributed by atoms with Crippen molar-refractivity contribution in [2.75, 3.05) is 7.05 Å². The topological polar surface area (TPSA) is 52.7 Å². The second-order valence-corrected chi connectivity index (χ2v) is 3.17. The molecule has 1 aliphatic rings. The van der Waals surface area contributed by atoms with Crippen LogP contribution in [0.15, 0.2) is 12.4 Å². The molecule has 0 aliphatic carbocycles. The van der Waals surface area contributed by atoms with E-state index in [0.29, 0.717) is 5.82 Å². The summed E-state index contributed by atoms with van der Waals surface area (Å²) < 4.78 is 0. The van der Waals surface area contributed by atoms with Crippen molar-refractivity contribution in [3.63, 3.8) is 0 Å². The van der Waals surface area contributed by atoms with Crippen LogP contribution in [0.5, 0.6) is 0 Å². The van der Waals surface area contributed by atoms with Crippen LogP contribution >= 0.6 is 0 Å². The van der Waals surface area contributed by atoms with E-state index in [1.807, 2.05) is 13.8 Å². The first-order valence-electron chi connectivity index (χ1n) is 4.02. The highest BCUT2D eigenvalue weighted by Crippen LogP contribution is 2.15. The van der Waals surface area contributed by atoms with Gasteiger partial charge in [0, 0.05) is 13.1 Å². The van der Waals surface area contributed by atoms with Gasteiger partial charge in [0.25, 0.3) is 0 Å². The number of urea groups is 2. The van der Waals surface area contributed by atoms with E-state index in [0.717, 1.165) is 0 Å². The van der Waals surface area contributed by atoms with Crippen LogP contribution in [0, 0.1) is 0 Å². The lowest BCUT2D eigenvalue weighted by atomic mass is 10.3. The molecule has 0 unspecified atom stereocenters. The lowest BCUT2D eigenvalue weighted by Gasteiger charge is -2.37. The molecular weight excluding hydrogens is 170 g/mol. The Balaban J connectivity index is 2.92. The van der Waals surface area contributed by atoms with Crippen LogP contribution in [-0.4, -0.2) is 35.0 Å². The van der Waals surface area contributed by atoms with Gasteiger partial charge < -0.3 is 0 Å². The molecule has 4 amide bonds. The smallest absolute Gasteiger partial charge is 0.283 e. The molecule has 1 saturated heterocycles. The van der Waals surface area contributed by atoms with Crippen molar-refractivity contribution < 1.29 is 9.59 Å². The molecule has 0 radical (unpaired) electrons. The van der Waals surface area contributed by atoms with Crippen LogP contribution in [-0.2, 0) is 0 Å². The van der Waals surface area contributed by atoms with E-state index in [9.17, 15) is 9.59 Å². The van der Waals surface area contributed by atoms with E-state index in [2.05, 4.69) is 11.9 Å². The number of imide groups is 1. The lowest BCUT2D eigenvalue weighted by molar-refractivity contribution is 0.154. The first kappa shape index (κ1) is 9.57. The minimum atomic E-state index is -0.438. The Bertz CT molecular complexity index is 273. The standard InChI is InChI=1S/C8H13N3O2/c1-5(2)11-6(3)10(4)7(12)9-8(11)13/h5H,3H2,1-2,4H3,(H,9,12,13). The molecule has 1 N–H and O–H groups in total. The van der Waals surface area contributed by atoms with Gasteiger partial charge in [0.2, 0.25) is 0 Å². The van der Waals surface area contributed by atoms with Gasteiger partial charge in [-0.05, 0) is 13.8 Å². The van der Waals surface area contributed by atoms with Crippen molar-refractivity contribution in [2.24, 2.45) is 0 Å². The summed E-state index contributed by atoms with van der Waals surface area (Å²) >= 11 is 0. The largest absolute Gasteiger partial charge is 0.331 e. The molecule has 0 spiro atoms. The fourth-order valence-electron chi connectivity index (χ4n) is 1.16. The van der Waals surface area contributed by atoms with Gasteiger partial charge in [0.15, 0.2) is 0 Å². The zero-order valence-corrected chi connectivity index (χ0v) is 8.00. The Morgan fingerprint density at radius 2 is 1.85 bits per heavy atom. The van der Waals surface area contributed by atoms with Crippen molar-refractivity contribution in [3.05, 3.63) is 12.4 Å². The number of hydrogen-bond donors (Lipinski definition) is 1. The molecule has 0 saturated carbocycles.